The molecule has 2 bridgehead atoms. The minimum atomic E-state index is -1.27. The van der Waals surface area contributed by atoms with Crippen molar-refractivity contribution in [2.45, 2.75) is 51.2 Å². The highest BCUT2D eigenvalue weighted by Crippen LogP contribution is 2.56. The Kier molecular flexibility index (Phi) is 4.61. The first-order chi connectivity index (χ1) is 13.6. The van der Waals surface area contributed by atoms with Gasteiger partial charge in [0.2, 0.25) is 5.82 Å². The number of fused-ring (bicyclic) bond motifs is 5. The molecule has 3 aliphatic rings. The molecule has 2 heterocycles. The molecule has 6 atom stereocenters. The summed E-state index contributed by atoms with van der Waals surface area (Å²) in [7, 11) is 0. The van der Waals surface area contributed by atoms with Gasteiger partial charge in [-0.1, -0.05) is 0 Å². The Balaban J connectivity index is 1.63. The van der Waals surface area contributed by atoms with Crippen molar-refractivity contribution < 1.29 is 28.2 Å². The van der Waals surface area contributed by atoms with E-state index in [2.05, 4.69) is 5.32 Å². The van der Waals surface area contributed by atoms with Gasteiger partial charge in [-0.25, -0.2) is 14.2 Å². The van der Waals surface area contributed by atoms with Crippen LogP contribution in [-0.4, -0.2) is 52.2 Å². The molecule has 2 N–H and O–H groups in total. The van der Waals surface area contributed by atoms with E-state index < -0.39 is 46.8 Å². The van der Waals surface area contributed by atoms with Crippen molar-refractivity contribution in [2.75, 3.05) is 6.61 Å². The molecular weight excluding hydrogens is 389 g/mol. The van der Waals surface area contributed by atoms with Crippen LogP contribution >= 0.6 is 0 Å². The number of halogens is 1. The summed E-state index contributed by atoms with van der Waals surface area (Å²) in [6, 6.07) is -1.64. The van der Waals surface area contributed by atoms with Crippen LogP contribution in [0.15, 0.2) is 15.8 Å². The van der Waals surface area contributed by atoms with Crippen molar-refractivity contribution in [1.82, 2.24) is 14.9 Å². The van der Waals surface area contributed by atoms with Crippen LogP contribution in [0.1, 0.15) is 27.2 Å². The van der Waals surface area contributed by atoms with E-state index in [1.54, 1.807) is 25.8 Å². The normalized spacial score (nSPS) is 34.1. The van der Waals surface area contributed by atoms with Gasteiger partial charge >= 0.3 is 17.7 Å². The number of aromatic amines is 1. The number of hydrogen-bond donors (Lipinski definition) is 2. The minimum Gasteiger partial charge on any atom is -0.466 e. The van der Waals surface area contributed by atoms with E-state index >= 15 is 0 Å². The monoisotopic (exact) mass is 411 g/mol. The third-order valence-electron chi connectivity index (χ3n) is 5.83. The molecule has 2 saturated carbocycles. The highest BCUT2D eigenvalue weighted by atomic mass is 19.1. The number of ether oxygens (including phenoxy) is 3. The van der Waals surface area contributed by atoms with Crippen LogP contribution < -0.4 is 16.6 Å². The molecule has 6 unspecified atom stereocenters. The maximum atomic E-state index is 13.6. The topological polar surface area (TPSA) is 129 Å². The number of rotatable bonds is 3. The SMILES string of the molecule is CCOC(=O)C1C2CC(C1NC(=O)n1cc(F)c(=O)[nH]c1=O)C1OC(C)(C)OC21. The number of carbonyl (C=O) groups excluding carboxylic acids is 2. The van der Waals surface area contributed by atoms with E-state index in [0.29, 0.717) is 17.2 Å². The first-order valence-corrected chi connectivity index (χ1v) is 9.47. The van der Waals surface area contributed by atoms with Gasteiger partial charge < -0.3 is 19.5 Å². The highest BCUT2D eigenvalue weighted by Gasteiger charge is 2.66. The second-order valence-electron chi connectivity index (χ2n) is 7.99. The van der Waals surface area contributed by atoms with Gasteiger partial charge in [-0.05, 0) is 27.2 Å². The fraction of sp³-hybridized carbons (Fsp3) is 0.667. The van der Waals surface area contributed by atoms with Gasteiger partial charge in [0.1, 0.15) is 0 Å². The molecule has 0 spiro atoms. The number of carbonyl (C=O) groups is 2. The predicted molar refractivity (Wildman–Crippen MR) is 94.5 cm³/mol. The zero-order valence-corrected chi connectivity index (χ0v) is 16.1. The van der Waals surface area contributed by atoms with E-state index in [0.717, 1.165) is 0 Å². The van der Waals surface area contributed by atoms with Crippen molar-refractivity contribution in [3.63, 3.8) is 0 Å². The van der Waals surface area contributed by atoms with Crippen LogP contribution in [0, 0.1) is 23.6 Å². The summed E-state index contributed by atoms with van der Waals surface area (Å²) in [5.41, 5.74) is -2.30. The predicted octanol–water partition coefficient (Wildman–Crippen LogP) is -0.0489. The molecule has 2 aliphatic carbocycles. The van der Waals surface area contributed by atoms with Gasteiger partial charge in [0.25, 0.3) is 5.56 Å². The molecule has 11 heteroatoms. The molecule has 3 fully saturated rings. The molecular formula is C18H22FN3O7. The minimum absolute atomic E-state index is 0.176. The lowest BCUT2D eigenvalue weighted by Gasteiger charge is -2.35. The highest BCUT2D eigenvalue weighted by molar-refractivity contribution is 5.80. The summed E-state index contributed by atoms with van der Waals surface area (Å²) in [5.74, 6) is -3.72. The summed E-state index contributed by atoms with van der Waals surface area (Å²) in [6.45, 7) is 5.41. The second-order valence-corrected chi connectivity index (χ2v) is 7.99. The van der Waals surface area contributed by atoms with Gasteiger partial charge in [-0.15, -0.1) is 0 Å². The standard InChI is InChI=1S/C18H22FN3O7/c1-4-27-15(24)10-7-5-8(13-12(7)28-18(2,3)29-13)11(10)20-16(25)22-6-9(19)14(23)21-17(22)26/h6-8,10-13H,4-5H2,1-3H3,(H,20,25)(H,21,23,26). The zero-order valence-electron chi connectivity index (χ0n) is 16.1. The number of amides is 1. The smallest absolute Gasteiger partial charge is 0.336 e. The Morgan fingerprint density at radius 1 is 1.31 bits per heavy atom. The Hall–Kier alpha value is -2.53. The molecule has 1 amide bonds. The Morgan fingerprint density at radius 2 is 1.97 bits per heavy atom. The number of esters is 1. The average molecular weight is 411 g/mol. The molecule has 4 rings (SSSR count). The van der Waals surface area contributed by atoms with Crippen LogP contribution in [0.5, 0.6) is 0 Å². The van der Waals surface area contributed by atoms with Crippen LogP contribution in [0.2, 0.25) is 0 Å². The number of aromatic nitrogens is 2. The van der Waals surface area contributed by atoms with E-state index in [9.17, 15) is 23.6 Å². The van der Waals surface area contributed by atoms with E-state index in [4.69, 9.17) is 14.2 Å². The van der Waals surface area contributed by atoms with Crippen LogP contribution in [0.3, 0.4) is 0 Å². The van der Waals surface area contributed by atoms with E-state index in [1.165, 1.54) is 0 Å². The van der Waals surface area contributed by atoms with Gasteiger partial charge in [0.05, 0.1) is 30.9 Å². The lowest BCUT2D eigenvalue weighted by molar-refractivity contribution is -0.161. The third-order valence-corrected chi connectivity index (χ3v) is 5.83. The number of nitrogens with one attached hydrogen (secondary N) is 2. The van der Waals surface area contributed by atoms with Crippen LogP contribution in [0.4, 0.5) is 9.18 Å². The molecule has 1 aliphatic heterocycles. The average Bonchev–Trinajstić information content (AvgIpc) is 3.24. The fourth-order valence-electron chi connectivity index (χ4n) is 4.86. The third kappa shape index (κ3) is 3.18. The Morgan fingerprint density at radius 3 is 2.62 bits per heavy atom. The maximum absolute atomic E-state index is 13.6. The van der Waals surface area contributed by atoms with Crippen LogP contribution in [-0.2, 0) is 19.0 Å². The van der Waals surface area contributed by atoms with Crippen molar-refractivity contribution >= 4 is 12.0 Å². The number of H-pyrrole nitrogens is 1. The molecule has 0 aromatic carbocycles. The van der Waals surface area contributed by atoms with E-state index in [1.807, 2.05) is 0 Å². The molecule has 1 aromatic rings. The lowest BCUT2D eigenvalue weighted by Crippen LogP contribution is -2.56. The lowest BCUT2D eigenvalue weighted by atomic mass is 9.81. The van der Waals surface area contributed by atoms with Crippen molar-refractivity contribution in [1.29, 1.82) is 0 Å². The van der Waals surface area contributed by atoms with Crippen molar-refractivity contribution in [3.05, 3.63) is 32.9 Å². The second kappa shape index (κ2) is 6.77. The zero-order chi connectivity index (χ0) is 21.1. The summed E-state index contributed by atoms with van der Waals surface area (Å²) in [5, 5.41) is 2.64. The summed E-state index contributed by atoms with van der Waals surface area (Å²) >= 11 is 0. The molecule has 10 nitrogen and oxygen atoms in total. The Bertz CT molecular complexity index is 971. The van der Waals surface area contributed by atoms with Gasteiger partial charge in [-0.2, -0.15) is 4.39 Å². The van der Waals surface area contributed by atoms with Gasteiger partial charge in [0, 0.05) is 17.9 Å². The van der Waals surface area contributed by atoms with Crippen molar-refractivity contribution in [2.24, 2.45) is 17.8 Å². The van der Waals surface area contributed by atoms with Crippen LogP contribution in [0.25, 0.3) is 0 Å². The van der Waals surface area contributed by atoms with Crippen molar-refractivity contribution in [3.8, 4) is 0 Å². The summed E-state index contributed by atoms with van der Waals surface area (Å²) in [4.78, 5) is 50.1. The maximum Gasteiger partial charge on any atom is 0.336 e. The molecule has 29 heavy (non-hydrogen) atoms. The molecule has 0 radical (unpaired) electrons. The Labute approximate surface area is 164 Å². The number of hydrogen-bond acceptors (Lipinski definition) is 7. The first kappa shape index (κ1) is 19.8. The summed E-state index contributed by atoms with van der Waals surface area (Å²) in [6.07, 6.45) is 0.472. The van der Waals surface area contributed by atoms with E-state index in [-0.39, 0.29) is 30.7 Å². The molecule has 1 aromatic heterocycles. The first-order valence-electron chi connectivity index (χ1n) is 9.47. The van der Waals surface area contributed by atoms with Gasteiger partial charge in [0.15, 0.2) is 5.79 Å². The largest absolute Gasteiger partial charge is 0.466 e. The number of nitrogens with zero attached hydrogens (tertiary/aromatic N) is 1. The quantitative estimate of drug-likeness (QED) is 0.668. The molecule has 158 valence electrons. The fourth-order valence-corrected chi connectivity index (χ4v) is 4.86. The molecule has 1 saturated heterocycles. The summed E-state index contributed by atoms with van der Waals surface area (Å²) < 4.78 is 31.1. The van der Waals surface area contributed by atoms with Gasteiger partial charge in [-0.3, -0.25) is 14.6 Å².